The summed E-state index contributed by atoms with van der Waals surface area (Å²) in [6.45, 7) is 10.1. The van der Waals surface area contributed by atoms with Crippen molar-refractivity contribution < 1.29 is 9.90 Å². The van der Waals surface area contributed by atoms with E-state index in [1.165, 1.54) is 22.5 Å². The lowest BCUT2D eigenvalue weighted by Crippen LogP contribution is -2.34. The maximum Gasteiger partial charge on any atom is 0.346 e. The van der Waals surface area contributed by atoms with Gasteiger partial charge in [-0.1, -0.05) is 64.1 Å². The van der Waals surface area contributed by atoms with E-state index >= 15 is 0 Å². The summed E-state index contributed by atoms with van der Waals surface area (Å²) in [6, 6.07) is 17.6. The second-order valence-corrected chi connectivity index (χ2v) is 10.7. The smallest absolute Gasteiger partial charge is 0.346 e. The van der Waals surface area contributed by atoms with Crippen LogP contribution in [0.1, 0.15) is 82.4 Å². The average molecular weight is 481 g/mol. The van der Waals surface area contributed by atoms with E-state index in [0.29, 0.717) is 17.9 Å². The van der Waals surface area contributed by atoms with Crippen LogP contribution in [-0.4, -0.2) is 17.6 Å². The lowest BCUT2D eigenvalue weighted by molar-refractivity contribution is -0.132. The van der Waals surface area contributed by atoms with Gasteiger partial charge in [-0.2, -0.15) is 5.26 Å². The molecule has 186 valence electrons. The first-order chi connectivity index (χ1) is 17.2. The molecule has 2 aromatic carbocycles. The SMILES string of the molecule is CCC(C)c1ccc(N2CCC(C)(C)c3cc(/C=C/C4=CC(=C(\C#N)C(=O)O)/CCC4)ccc32)cc1. The topological polar surface area (TPSA) is 64.3 Å². The van der Waals surface area contributed by atoms with Crippen LogP contribution in [0.15, 0.2) is 71.3 Å². The van der Waals surface area contributed by atoms with Gasteiger partial charge in [-0.3, -0.25) is 0 Å². The van der Waals surface area contributed by atoms with Crippen LogP contribution in [0.2, 0.25) is 0 Å². The summed E-state index contributed by atoms with van der Waals surface area (Å²) < 4.78 is 0. The molecule has 0 bridgehead atoms. The third kappa shape index (κ3) is 5.31. The van der Waals surface area contributed by atoms with Gasteiger partial charge in [0.15, 0.2) is 0 Å². The van der Waals surface area contributed by atoms with Gasteiger partial charge in [0.2, 0.25) is 0 Å². The fourth-order valence-electron chi connectivity index (χ4n) is 5.21. The monoisotopic (exact) mass is 480 g/mol. The fraction of sp³-hybridized carbons (Fsp3) is 0.375. The number of carbonyl (C=O) groups is 1. The van der Waals surface area contributed by atoms with E-state index in [0.717, 1.165) is 43.4 Å². The number of nitriles is 1. The lowest BCUT2D eigenvalue weighted by atomic mass is 9.77. The predicted molar refractivity (Wildman–Crippen MR) is 147 cm³/mol. The van der Waals surface area contributed by atoms with Crippen molar-refractivity contribution in [2.45, 2.75) is 71.1 Å². The third-order valence-electron chi connectivity index (χ3n) is 7.79. The molecule has 1 heterocycles. The molecule has 0 fully saturated rings. The summed E-state index contributed by atoms with van der Waals surface area (Å²) in [7, 11) is 0. The molecular weight excluding hydrogens is 444 g/mol. The van der Waals surface area contributed by atoms with Crippen molar-refractivity contribution in [3.8, 4) is 6.07 Å². The van der Waals surface area contributed by atoms with E-state index in [9.17, 15) is 15.2 Å². The lowest BCUT2D eigenvalue weighted by Gasteiger charge is -2.40. The molecule has 0 aromatic heterocycles. The number of carboxylic acid groups (broad SMARTS) is 1. The minimum Gasteiger partial charge on any atom is -0.477 e. The van der Waals surface area contributed by atoms with E-state index in [1.807, 2.05) is 12.1 Å². The van der Waals surface area contributed by atoms with Crippen molar-refractivity contribution >= 4 is 23.4 Å². The predicted octanol–water partition coefficient (Wildman–Crippen LogP) is 8.05. The van der Waals surface area contributed by atoms with Crippen LogP contribution in [0.5, 0.6) is 0 Å². The zero-order valence-corrected chi connectivity index (χ0v) is 21.8. The minimum atomic E-state index is -1.15. The highest BCUT2D eigenvalue weighted by atomic mass is 16.4. The standard InChI is InChI=1S/C32H36N2O2/c1-5-22(2)25-12-14-27(15-13-25)34-18-17-32(3,4)29-20-24(11-16-30(29)34)10-9-23-7-6-8-26(19-23)28(21-33)31(35)36/h9-16,19-20,22H,5-8,17-18H2,1-4H3,(H,35,36)/b10-9+,28-26+. The summed E-state index contributed by atoms with van der Waals surface area (Å²) in [5.41, 5.74) is 7.98. The second kappa shape index (κ2) is 10.6. The Morgan fingerprint density at radius 3 is 2.58 bits per heavy atom. The van der Waals surface area contributed by atoms with Crippen molar-refractivity contribution in [1.29, 1.82) is 5.26 Å². The van der Waals surface area contributed by atoms with Crippen LogP contribution in [-0.2, 0) is 10.2 Å². The summed E-state index contributed by atoms with van der Waals surface area (Å²) in [6.07, 6.45) is 10.6. The zero-order chi connectivity index (χ0) is 25.9. The quantitative estimate of drug-likeness (QED) is 0.335. The van der Waals surface area contributed by atoms with Crippen molar-refractivity contribution in [3.63, 3.8) is 0 Å². The highest BCUT2D eigenvalue weighted by Gasteiger charge is 2.32. The van der Waals surface area contributed by atoms with Crippen molar-refractivity contribution in [2.75, 3.05) is 11.4 Å². The van der Waals surface area contributed by atoms with Crippen LogP contribution in [0.3, 0.4) is 0 Å². The molecule has 36 heavy (non-hydrogen) atoms. The van der Waals surface area contributed by atoms with Crippen LogP contribution >= 0.6 is 0 Å². The molecule has 4 nitrogen and oxygen atoms in total. The Morgan fingerprint density at radius 2 is 1.92 bits per heavy atom. The van der Waals surface area contributed by atoms with Gasteiger partial charge in [-0.25, -0.2) is 4.79 Å². The van der Waals surface area contributed by atoms with Crippen LogP contribution in [0.25, 0.3) is 6.08 Å². The van der Waals surface area contributed by atoms with Crippen molar-refractivity contribution in [1.82, 2.24) is 0 Å². The van der Waals surface area contributed by atoms with Crippen molar-refractivity contribution in [2.24, 2.45) is 0 Å². The number of fused-ring (bicyclic) bond motifs is 1. The molecule has 1 aliphatic heterocycles. The van der Waals surface area contributed by atoms with Gasteiger partial charge in [0.25, 0.3) is 0 Å². The summed E-state index contributed by atoms with van der Waals surface area (Å²) in [4.78, 5) is 13.8. The molecule has 0 saturated heterocycles. The molecule has 1 atom stereocenters. The first-order valence-corrected chi connectivity index (χ1v) is 13.0. The molecule has 1 unspecified atom stereocenters. The Balaban J connectivity index is 1.63. The maximum absolute atomic E-state index is 11.4. The maximum atomic E-state index is 11.4. The molecule has 2 aliphatic rings. The summed E-state index contributed by atoms with van der Waals surface area (Å²) >= 11 is 0. The summed E-state index contributed by atoms with van der Waals surface area (Å²) in [5, 5.41) is 18.5. The molecule has 2 aromatic rings. The van der Waals surface area contributed by atoms with Gasteiger partial charge in [0, 0.05) is 17.9 Å². The number of allylic oxidation sites excluding steroid dienone is 4. The van der Waals surface area contributed by atoms with E-state index in [4.69, 9.17) is 0 Å². The highest BCUT2D eigenvalue weighted by Crippen LogP contribution is 2.43. The highest BCUT2D eigenvalue weighted by molar-refractivity contribution is 5.92. The number of hydrogen-bond acceptors (Lipinski definition) is 3. The molecule has 4 rings (SSSR count). The fourth-order valence-corrected chi connectivity index (χ4v) is 5.21. The Hall–Kier alpha value is -3.58. The number of benzene rings is 2. The number of rotatable bonds is 6. The first-order valence-electron chi connectivity index (χ1n) is 13.0. The van der Waals surface area contributed by atoms with Gasteiger partial charge in [0.1, 0.15) is 11.6 Å². The van der Waals surface area contributed by atoms with Gasteiger partial charge in [-0.05, 0) is 95.5 Å². The Kier molecular flexibility index (Phi) is 7.50. The first kappa shape index (κ1) is 25.5. The van der Waals surface area contributed by atoms with Gasteiger partial charge in [-0.15, -0.1) is 0 Å². The largest absolute Gasteiger partial charge is 0.477 e. The van der Waals surface area contributed by atoms with Gasteiger partial charge >= 0.3 is 5.97 Å². The molecule has 4 heteroatoms. The number of aliphatic carboxylic acids is 1. The van der Waals surface area contributed by atoms with Gasteiger partial charge in [0.05, 0.1) is 0 Å². The van der Waals surface area contributed by atoms with Crippen LogP contribution < -0.4 is 4.90 Å². The Bertz CT molecular complexity index is 1270. The number of hydrogen-bond donors (Lipinski definition) is 1. The second-order valence-electron chi connectivity index (χ2n) is 10.7. The number of nitrogens with zero attached hydrogens (tertiary/aromatic N) is 2. The van der Waals surface area contributed by atoms with Crippen molar-refractivity contribution in [3.05, 3.63) is 88.0 Å². The summed E-state index contributed by atoms with van der Waals surface area (Å²) in [5.74, 6) is -0.576. The van der Waals surface area contributed by atoms with E-state index in [2.05, 4.69) is 87.2 Å². The molecular formula is C32H36N2O2. The van der Waals surface area contributed by atoms with E-state index < -0.39 is 5.97 Å². The van der Waals surface area contributed by atoms with Gasteiger partial charge < -0.3 is 10.0 Å². The van der Waals surface area contributed by atoms with E-state index in [1.54, 1.807) is 0 Å². The third-order valence-corrected chi connectivity index (χ3v) is 7.79. The normalized spacial score (nSPS) is 19.3. The molecule has 0 amide bonds. The number of carboxylic acids is 1. The Labute approximate surface area is 215 Å². The zero-order valence-electron chi connectivity index (χ0n) is 21.8. The van der Waals surface area contributed by atoms with Crippen LogP contribution in [0, 0.1) is 11.3 Å². The molecule has 0 spiro atoms. The Morgan fingerprint density at radius 1 is 1.17 bits per heavy atom. The molecule has 1 N–H and O–H groups in total. The van der Waals surface area contributed by atoms with E-state index in [-0.39, 0.29) is 11.0 Å². The number of anilines is 2. The minimum absolute atomic E-state index is 0.0789. The molecule has 0 radical (unpaired) electrons. The average Bonchev–Trinajstić information content (AvgIpc) is 2.88. The molecule has 1 aliphatic carbocycles. The van der Waals surface area contributed by atoms with Crippen LogP contribution in [0.4, 0.5) is 11.4 Å². The molecule has 0 saturated carbocycles.